The minimum atomic E-state index is 0.00635. The second-order valence-electron chi connectivity index (χ2n) is 4.65. The van der Waals surface area contributed by atoms with Crippen molar-refractivity contribution in [1.82, 2.24) is 20.0 Å². The highest BCUT2D eigenvalue weighted by atomic mass is 79.9. The van der Waals surface area contributed by atoms with Crippen molar-refractivity contribution in [3.05, 3.63) is 15.9 Å². The molecule has 1 aromatic heterocycles. The molecule has 1 heterocycles. The van der Waals surface area contributed by atoms with Gasteiger partial charge in [-0.3, -0.25) is 9.48 Å². The Morgan fingerprint density at radius 2 is 2.11 bits per heavy atom. The second kappa shape index (κ2) is 6.89. The fourth-order valence-corrected chi connectivity index (χ4v) is 1.93. The van der Waals surface area contributed by atoms with E-state index in [2.05, 4.69) is 31.2 Å². The van der Waals surface area contributed by atoms with Crippen molar-refractivity contribution in [1.29, 1.82) is 0 Å². The Balaban J connectivity index is 2.38. The molecular formula is C12H21BrN4O. The van der Waals surface area contributed by atoms with Crippen LogP contribution in [0.25, 0.3) is 0 Å². The third-order valence-electron chi connectivity index (χ3n) is 2.69. The molecule has 0 saturated heterocycles. The highest BCUT2D eigenvalue weighted by molar-refractivity contribution is 9.10. The maximum absolute atomic E-state index is 11.7. The van der Waals surface area contributed by atoms with Crippen LogP contribution in [0.2, 0.25) is 0 Å². The van der Waals surface area contributed by atoms with Gasteiger partial charge in [0.05, 0.1) is 15.9 Å². The summed E-state index contributed by atoms with van der Waals surface area (Å²) in [5.74, 6) is 0.00635. The van der Waals surface area contributed by atoms with Crippen LogP contribution in [0.1, 0.15) is 17.8 Å². The molecule has 0 aliphatic carbocycles. The fourth-order valence-electron chi connectivity index (χ4n) is 1.64. The van der Waals surface area contributed by atoms with Gasteiger partial charge in [0.1, 0.15) is 6.54 Å². The first-order chi connectivity index (χ1) is 8.41. The minimum Gasteiger partial charge on any atom is -0.354 e. The lowest BCUT2D eigenvalue weighted by Crippen LogP contribution is -2.30. The summed E-state index contributed by atoms with van der Waals surface area (Å²) in [7, 11) is 4.05. The number of aromatic nitrogens is 2. The maximum atomic E-state index is 11.7. The Labute approximate surface area is 117 Å². The Morgan fingerprint density at radius 1 is 1.44 bits per heavy atom. The first kappa shape index (κ1) is 15.2. The molecule has 0 aliphatic rings. The number of amides is 1. The molecule has 1 rings (SSSR count). The lowest BCUT2D eigenvalue weighted by Gasteiger charge is -2.10. The van der Waals surface area contributed by atoms with Crippen LogP contribution >= 0.6 is 15.9 Å². The van der Waals surface area contributed by atoms with Gasteiger partial charge in [-0.05, 0) is 56.8 Å². The Hall–Kier alpha value is -0.880. The molecule has 0 aromatic carbocycles. The van der Waals surface area contributed by atoms with Crippen molar-refractivity contribution >= 4 is 21.8 Å². The molecule has 0 unspecified atom stereocenters. The zero-order valence-corrected chi connectivity index (χ0v) is 13.0. The van der Waals surface area contributed by atoms with E-state index < -0.39 is 0 Å². The summed E-state index contributed by atoms with van der Waals surface area (Å²) in [6.07, 6.45) is 0.958. The fraction of sp³-hybridized carbons (Fsp3) is 0.667. The molecule has 1 aromatic rings. The van der Waals surface area contributed by atoms with E-state index in [0.717, 1.165) is 28.8 Å². The largest absolute Gasteiger partial charge is 0.354 e. The minimum absolute atomic E-state index is 0.00635. The zero-order chi connectivity index (χ0) is 13.7. The third kappa shape index (κ3) is 4.42. The number of nitrogens with zero attached hydrogens (tertiary/aromatic N) is 3. The van der Waals surface area contributed by atoms with Crippen molar-refractivity contribution in [2.75, 3.05) is 27.2 Å². The molecule has 0 radical (unpaired) electrons. The molecule has 0 spiro atoms. The number of carbonyl (C=O) groups excluding carboxylic acids is 1. The van der Waals surface area contributed by atoms with Crippen molar-refractivity contribution in [3.8, 4) is 0 Å². The summed E-state index contributed by atoms with van der Waals surface area (Å²) in [4.78, 5) is 13.8. The molecule has 102 valence electrons. The first-order valence-electron chi connectivity index (χ1n) is 6.02. The number of hydrogen-bond donors (Lipinski definition) is 1. The molecule has 1 amide bonds. The van der Waals surface area contributed by atoms with E-state index in [1.165, 1.54) is 0 Å². The number of halogens is 1. The quantitative estimate of drug-likeness (QED) is 0.806. The molecule has 0 atom stereocenters. The lowest BCUT2D eigenvalue weighted by atomic mass is 10.4. The number of hydrogen-bond acceptors (Lipinski definition) is 3. The van der Waals surface area contributed by atoms with Gasteiger partial charge in [-0.1, -0.05) is 0 Å². The number of rotatable bonds is 6. The van der Waals surface area contributed by atoms with E-state index in [9.17, 15) is 4.79 Å². The molecule has 0 bridgehead atoms. The van der Waals surface area contributed by atoms with E-state index in [4.69, 9.17) is 0 Å². The normalized spacial score (nSPS) is 11.0. The van der Waals surface area contributed by atoms with Crippen molar-refractivity contribution in [2.45, 2.75) is 26.8 Å². The third-order valence-corrected chi connectivity index (χ3v) is 3.84. The van der Waals surface area contributed by atoms with Crippen molar-refractivity contribution < 1.29 is 4.79 Å². The molecule has 0 aliphatic heterocycles. The number of carbonyl (C=O) groups is 1. The van der Waals surface area contributed by atoms with Crippen molar-refractivity contribution in [3.63, 3.8) is 0 Å². The van der Waals surface area contributed by atoms with E-state index >= 15 is 0 Å². The van der Waals surface area contributed by atoms with Crippen LogP contribution in [-0.4, -0.2) is 47.8 Å². The smallest absolute Gasteiger partial charge is 0.241 e. The Bertz CT molecular complexity index is 414. The predicted octanol–water partition coefficient (Wildman–Crippen LogP) is 1.33. The standard InChI is InChI=1S/C12H21BrN4O/c1-9-12(13)10(2)17(15-9)8-11(18)14-6-5-7-16(3)4/h5-8H2,1-4H3,(H,14,18). The average Bonchev–Trinajstić information content (AvgIpc) is 2.52. The van der Waals surface area contributed by atoms with E-state index in [-0.39, 0.29) is 12.5 Å². The van der Waals surface area contributed by atoms with E-state index in [1.807, 2.05) is 27.9 Å². The van der Waals surface area contributed by atoms with Crippen LogP contribution in [0.3, 0.4) is 0 Å². The van der Waals surface area contributed by atoms with E-state index in [0.29, 0.717) is 6.54 Å². The highest BCUT2D eigenvalue weighted by Crippen LogP contribution is 2.19. The number of nitrogens with one attached hydrogen (secondary N) is 1. The van der Waals surface area contributed by atoms with Gasteiger partial charge in [0.2, 0.25) is 5.91 Å². The zero-order valence-electron chi connectivity index (χ0n) is 11.5. The van der Waals surface area contributed by atoms with Crippen molar-refractivity contribution in [2.24, 2.45) is 0 Å². The van der Waals surface area contributed by atoms with Crippen LogP contribution in [0.4, 0.5) is 0 Å². The van der Waals surface area contributed by atoms with Gasteiger partial charge in [-0.15, -0.1) is 0 Å². The molecular weight excluding hydrogens is 296 g/mol. The summed E-state index contributed by atoms with van der Waals surface area (Å²) < 4.78 is 2.70. The molecule has 0 saturated carbocycles. The lowest BCUT2D eigenvalue weighted by molar-refractivity contribution is -0.121. The molecule has 5 nitrogen and oxygen atoms in total. The van der Waals surface area contributed by atoms with Gasteiger partial charge in [0, 0.05) is 6.54 Å². The summed E-state index contributed by atoms with van der Waals surface area (Å²) in [5.41, 5.74) is 1.89. The molecule has 6 heteroatoms. The number of aryl methyl sites for hydroxylation is 1. The van der Waals surface area contributed by atoms with Gasteiger partial charge in [-0.25, -0.2) is 0 Å². The topological polar surface area (TPSA) is 50.2 Å². The Kier molecular flexibility index (Phi) is 5.81. The van der Waals surface area contributed by atoms with Crippen LogP contribution in [0, 0.1) is 13.8 Å². The van der Waals surface area contributed by atoms with Gasteiger partial charge in [-0.2, -0.15) is 5.10 Å². The summed E-state index contributed by atoms with van der Waals surface area (Å²) in [6.45, 7) is 5.83. The summed E-state index contributed by atoms with van der Waals surface area (Å²) in [5, 5.41) is 7.21. The van der Waals surface area contributed by atoms with Gasteiger partial charge in [0.25, 0.3) is 0 Å². The molecule has 1 N–H and O–H groups in total. The highest BCUT2D eigenvalue weighted by Gasteiger charge is 2.11. The van der Waals surface area contributed by atoms with Gasteiger partial charge < -0.3 is 10.2 Å². The van der Waals surface area contributed by atoms with Gasteiger partial charge in [0.15, 0.2) is 0 Å². The van der Waals surface area contributed by atoms with Crippen LogP contribution in [0.15, 0.2) is 4.47 Å². The first-order valence-corrected chi connectivity index (χ1v) is 6.82. The van der Waals surface area contributed by atoms with Crippen LogP contribution in [-0.2, 0) is 11.3 Å². The SMILES string of the molecule is Cc1nn(CC(=O)NCCCN(C)C)c(C)c1Br. The van der Waals surface area contributed by atoms with Crippen LogP contribution < -0.4 is 5.32 Å². The summed E-state index contributed by atoms with van der Waals surface area (Å²) in [6, 6.07) is 0. The second-order valence-corrected chi connectivity index (χ2v) is 5.44. The predicted molar refractivity (Wildman–Crippen MR) is 75.6 cm³/mol. The van der Waals surface area contributed by atoms with Crippen LogP contribution in [0.5, 0.6) is 0 Å². The average molecular weight is 317 g/mol. The maximum Gasteiger partial charge on any atom is 0.241 e. The molecule has 0 fully saturated rings. The monoisotopic (exact) mass is 316 g/mol. The van der Waals surface area contributed by atoms with Gasteiger partial charge >= 0.3 is 0 Å². The Morgan fingerprint density at radius 3 is 2.61 bits per heavy atom. The van der Waals surface area contributed by atoms with E-state index in [1.54, 1.807) is 4.68 Å². The summed E-state index contributed by atoms with van der Waals surface area (Å²) >= 11 is 3.45. The molecule has 18 heavy (non-hydrogen) atoms.